The SMILES string of the molecule is CCn1nccc1C(NN)C1CCS(=O)(=O)C1. The number of hydrazine groups is 1. The van der Waals surface area contributed by atoms with E-state index in [0.717, 1.165) is 12.2 Å². The molecule has 1 aromatic rings. The van der Waals surface area contributed by atoms with Crippen molar-refractivity contribution in [3.05, 3.63) is 18.0 Å². The molecule has 1 fully saturated rings. The smallest absolute Gasteiger partial charge is 0.150 e. The van der Waals surface area contributed by atoms with Crippen LogP contribution >= 0.6 is 0 Å². The lowest BCUT2D eigenvalue weighted by Crippen LogP contribution is -2.35. The third kappa shape index (κ3) is 2.51. The number of nitrogens with zero attached hydrogens (tertiary/aromatic N) is 2. The van der Waals surface area contributed by atoms with Crippen molar-refractivity contribution in [2.75, 3.05) is 11.5 Å². The summed E-state index contributed by atoms with van der Waals surface area (Å²) in [6, 6.07) is 1.74. The fraction of sp³-hybridized carbons (Fsp3) is 0.700. The predicted molar refractivity (Wildman–Crippen MR) is 64.7 cm³/mol. The quantitative estimate of drug-likeness (QED) is 0.578. The zero-order valence-electron chi connectivity index (χ0n) is 9.83. The molecule has 0 spiro atoms. The van der Waals surface area contributed by atoms with Crippen molar-refractivity contribution in [3.8, 4) is 0 Å². The van der Waals surface area contributed by atoms with E-state index < -0.39 is 9.84 Å². The molecule has 96 valence electrons. The molecule has 1 aliphatic heterocycles. The van der Waals surface area contributed by atoms with Crippen LogP contribution in [-0.4, -0.2) is 29.7 Å². The van der Waals surface area contributed by atoms with Gasteiger partial charge in [0.25, 0.3) is 0 Å². The first-order chi connectivity index (χ1) is 8.07. The topological polar surface area (TPSA) is 90.0 Å². The van der Waals surface area contributed by atoms with Gasteiger partial charge < -0.3 is 0 Å². The van der Waals surface area contributed by atoms with Gasteiger partial charge in [-0.05, 0) is 25.3 Å². The molecule has 6 nitrogen and oxygen atoms in total. The number of aryl methyl sites for hydroxylation is 1. The summed E-state index contributed by atoms with van der Waals surface area (Å²) in [5, 5.41) is 4.18. The van der Waals surface area contributed by atoms with Crippen molar-refractivity contribution in [3.63, 3.8) is 0 Å². The zero-order chi connectivity index (χ0) is 12.5. The summed E-state index contributed by atoms with van der Waals surface area (Å²) < 4.78 is 24.8. The van der Waals surface area contributed by atoms with E-state index in [-0.39, 0.29) is 23.5 Å². The summed E-state index contributed by atoms with van der Waals surface area (Å²) in [4.78, 5) is 0. The molecule has 7 heteroatoms. The largest absolute Gasteiger partial charge is 0.271 e. The first-order valence-corrected chi connectivity index (χ1v) is 7.58. The van der Waals surface area contributed by atoms with Crippen molar-refractivity contribution < 1.29 is 8.42 Å². The van der Waals surface area contributed by atoms with Gasteiger partial charge in [-0.15, -0.1) is 0 Å². The number of rotatable bonds is 4. The number of nitrogens with two attached hydrogens (primary N) is 1. The average Bonchev–Trinajstić information content (AvgIpc) is 2.87. The van der Waals surface area contributed by atoms with Gasteiger partial charge in [-0.1, -0.05) is 0 Å². The van der Waals surface area contributed by atoms with Crippen molar-refractivity contribution in [2.45, 2.75) is 25.9 Å². The second-order valence-electron chi connectivity index (χ2n) is 4.38. The zero-order valence-corrected chi connectivity index (χ0v) is 10.7. The minimum Gasteiger partial charge on any atom is -0.271 e. The van der Waals surface area contributed by atoms with E-state index in [4.69, 9.17) is 5.84 Å². The van der Waals surface area contributed by atoms with E-state index in [1.54, 1.807) is 6.20 Å². The first kappa shape index (κ1) is 12.5. The van der Waals surface area contributed by atoms with Gasteiger partial charge in [-0.3, -0.25) is 16.0 Å². The second kappa shape index (κ2) is 4.75. The van der Waals surface area contributed by atoms with Gasteiger partial charge in [-0.25, -0.2) is 8.42 Å². The fourth-order valence-electron chi connectivity index (χ4n) is 2.42. The van der Waals surface area contributed by atoms with Crippen LogP contribution in [0.2, 0.25) is 0 Å². The molecular formula is C10H18N4O2S. The highest BCUT2D eigenvalue weighted by atomic mass is 32.2. The molecule has 17 heavy (non-hydrogen) atoms. The summed E-state index contributed by atoms with van der Waals surface area (Å²) in [6.07, 6.45) is 2.37. The molecule has 0 bridgehead atoms. The van der Waals surface area contributed by atoms with Crippen molar-refractivity contribution in [2.24, 2.45) is 11.8 Å². The van der Waals surface area contributed by atoms with Gasteiger partial charge >= 0.3 is 0 Å². The van der Waals surface area contributed by atoms with Crippen LogP contribution in [-0.2, 0) is 16.4 Å². The van der Waals surface area contributed by atoms with Gasteiger partial charge in [0.15, 0.2) is 9.84 Å². The predicted octanol–water partition coefficient (Wildman–Crippen LogP) is -0.158. The van der Waals surface area contributed by atoms with Crippen LogP contribution in [0.4, 0.5) is 0 Å². The molecule has 0 aliphatic carbocycles. The van der Waals surface area contributed by atoms with Crippen molar-refractivity contribution in [1.82, 2.24) is 15.2 Å². The van der Waals surface area contributed by atoms with Gasteiger partial charge in [0.05, 0.1) is 23.2 Å². The van der Waals surface area contributed by atoms with Gasteiger partial charge in [0, 0.05) is 12.7 Å². The Morgan fingerprint density at radius 1 is 1.71 bits per heavy atom. The van der Waals surface area contributed by atoms with E-state index in [1.165, 1.54) is 0 Å². The molecule has 0 saturated carbocycles. The van der Waals surface area contributed by atoms with Crippen LogP contribution in [0.3, 0.4) is 0 Å². The lowest BCUT2D eigenvalue weighted by Gasteiger charge is -2.22. The fourth-order valence-corrected chi connectivity index (χ4v) is 4.26. The Balaban J connectivity index is 2.23. The molecule has 1 aliphatic rings. The molecule has 1 aromatic heterocycles. The van der Waals surface area contributed by atoms with Crippen LogP contribution in [0.25, 0.3) is 0 Å². The van der Waals surface area contributed by atoms with Crippen molar-refractivity contribution in [1.29, 1.82) is 0 Å². The highest BCUT2D eigenvalue weighted by molar-refractivity contribution is 7.91. The van der Waals surface area contributed by atoms with Crippen LogP contribution in [0.5, 0.6) is 0 Å². The normalized spacial score (nSPS) is 24.9. The van der Waals surface area contributed by atoms with E-state index in [1.807, 2.05) is 17.7 Å². The van der Waals surface area contributed by atoms with Crippen LogP contribution in [0, 0.1) is 5.92 Å². The maximum atomic E-state index is 11.5. The maximum Gasteiger partial charge on any atom is 0.150 e. The number of nitrogens with one attached hydrogen (secondary N) is 1. The highest BCUT2D eigenvalue weighted by Crippen LogP contribution is 2.30. The van der Waals surface area contributed by atoms with Crippen LogP contribution in [0.1, 0.15) is 25.1 Å². The van der Waals surface area contributed by atoms with Crippen LogP contribution in [0.15, 0.2) is 12.3 Å². The van der Waals surface area contributed by atoms with E-state index in [9.17, 15) is 8.42 Å². The number of sulfone groups is 1. The number of hydrogen-bond acceptors (Lipinski definition) is 5. The maximum absolute atomic E-state index is 11.5. The lowest BCUT2D eigenvalue weighted by molar-refractivity contribution is 0.373. The third-order valence-corrected chi connectivity index (χ3v) is 5.08. The van der Waals surface area contributed by atoms with E-state index in [0.29, 0.717) is 6.42 Å². The summed E-state index contributed by atoms with van der Waals surface area (Å²) in [5.41, 5.74) is 3.69. The summed E-state index contributed by atoms with van der Waals surface area (Å²) in [6.45, 7) is 2.75. The number of hydrogen-bond donors (Lipinski definition) is 2. The Bertz CT molecular complexity index is 482. The Hall–Kier alpha value is -0.920. The molecule has 2 atom stereocenters. The molecule has 0 amide bonds. The second-order valence-corrected chi connectivity index (χ2v) is 6.61. The van der Waals surface area contributed by atoms with E-state index in [2.05, 4.69) is 10.5 Å². The Kier molecular flexibility index (Phi) is 3.50. The molecule has 0 radical (unpaired) electrons. The standard InChI is InChI=1S/C10H18N4O2S/c1-2-14-9(3-5-12-14)10(13-11)8-4-6-17(15,16)7-8/h3,5,8,10,13H,2,4,6-7,11H2,1H3. The average molecular weight is 258 g/mol. The molecule has 1 saturated heterocycles. The minimum absolute atomic E-state index is 0.0343. The van der Waals surface area contributed by atoms with Gasteiger partial charge in [-0.2, -0.15) is 5.10 Å². The summed E-state index contributed by atoms with van der Waals surface area (Å²) in [7, 11) is -2.89. The van der Waals surface area contributed by atoms with Gasteiger partial charge in [0.1, 0.15) is 0 Å². The Labute approximate surface area is 101 Å². The molecular weight excluding hydrogens is 240 g/mol. The Morgan fingerprint density at radius 3 is 3.00 bits per heavy atom. The summed E-state index contributed by atoms with van der Waals surface area (Å²) in [5.74, 6) is 6.07. The molecule has 2 unspecified atom stereocenters. The molecule has 3 N–H and O–H groups in total. The molecule has 2 rings (SSSR count). The first-order valence-electron chi connectivity index (χ1n) is 5.75. The molecule has 2 heterocycles. The van der Waals surface area contributed by atoms with Crippen molar-refractivity contribution >= 4 is 9.84 Å². The van der Waals surface area contributed by atoms with Gasteiger partial charge in [0.2, 0.25) is 0 Å². The van der Waals surface area contributed by atoms with E-state index >= 15 is 0 Å². The number of aromatic nitrogens is 2. The molecule has 0 aromatic carbocycles. The monoisotopic (exact) mass is 258 g/mol. The minimum atomic E-state index is -2.89. The summed E-state index contributed by atoms with van der Waals surface area (Å²) >= 11 is 0. The lowest BCUT2D eigenvalue weighted by atomic mass is 9.97. The Morgan fingerprint density at radius 2 is 2.47 bits per heavy atom. The van der Waals surface area contributed by atoms with Crippen LogP contribution < -0.4 is 11.3 Å². The third-order valence-electron chi connectivity index (χ3n) is 3.29. The highest BCUT2D eigenvalue weighted by Gasteiger charge is 2.35.